The first-order valence-corrected chi connectivity index (χ1v) is 12.3. The maximum atomic E-state index is 14.3. The Bertz CT molecular complexity index is 1440. The van der Waals surface area contributed by atoms with E-state index in [2.05, 4.69) is 10.1 Å². The minimum atomic E-state index is -0.889. The van der Waals surface area contributed by atoms with Crippen LogP contribution in [0, 0.1) is 18.6 Å². The number of amides is 1. The molecule has 2 aromatic heterocycles. The molecule has 0 radical (unpaired) electrons. The summed E-state index contributed by atoms with van der Waals surface area (Å²) in [5, 5.41) is 4.52. The van der Waals surface area contributed by atoms with Crippen LogP contribution in [0.15, 0.2) is 42.5 Å². The number of carbonyl (C=O) groups is 1. The second kappa shape index (κ2) is 9.67. The zero-order valence-corrected chi connectivity index (χ0v) is 21.2. The van der Waals surface area contributed by atoms with E-state index in [-0.39, 0.29) is 17.2 Å². The van der Waals surface area contributed by atoms with Gasteiger partial charge in [-0.3, -0.25) is 4.79 Å². The molecule has 3 heterocycles. The van der Waals surface area contributed by atoms with Gasteiger partial charge in [0, 0.05) is 37.8 Å². The third-order valence-corrected chi connectivity index (χ3v) is 7.08. The topological polar surface area (TPSA) is 53.7 Å². The van der Waals surface area contributed by atoms with Gasteiger partial charge in [0.2, 0.25) is 0 Å². The number of hydrogen-bond donors (Lipinski definition) is 0. The normalized spacial score (nSPS) is 13.9. The molecule has 0 bridgehead atoms. The Hall–Kier alpha value is -3.23. The van der Waals surface area contributed by atoms with Gasteiger partial charge in [0.05, 0.1) is 16.4 Å². The zero-order valence-electron chi connectivity index (χ0n) is 19.7. The maximum Gasteiger partial charge on any atom is 0.274 e. The van der Waals surface area contributed by atoms with Gasteiger partial charge >= 0.3 is 0 Å². The van der Waals surface area contributed by atoms with Crippen LogP contribution in [0.1, 0.15) is 35.3 Å². The van der Waals surface area contributed by atoms with Crippen molar-refractivity contribution in [2.24, 2.45) is 0 Å². The van der Waals surface area contributed by atoms with Gasteiger partial charge in [-0.05, 0) is 49.9 Å². The van der Waals surface area contributed by atoms with Crippen LogP contribution in [0.4, 0.5) is 20.3 Å². The molecule has 4 aromatic rings. The SMILES string of the molecule is Cc1cccc(Cl)c1N(C)c1cc(-c2cc(F)c(Cl)c(F)c2)nc2cc(C(=O)N3CCCCC3)nn12. The van der Waals surface area contributed by atoms with Gasteiger partial charge < -0.3 is 9.80 Å². The van der Waals surface area contributed by atoms with Gasteiger partial charge in [-0.1, -0.05) is 35.3 Å². The summed E-state index contributed by atoms with van der Waals surface area (Å²) in [7, 11) is 1.81. The number of para-hydroxylation sites is 1. The zero-order chi connectivity index (χ0) is 25.6. The molecule has 186 valence electrons. The van der Waals surface area contributed by atoms with Crippen LogP contribution in [-0.4, -0.2) is 45.5 Å². The highest BCUT2D eigenvalue weighted by molar-refractivity contribution is 6.33. The Balaban J connectivity index is 1.70. The van der Waals surface area contributed by atoms with Crippen molar-refractivity contribution < 1.29 is 13.6 Å². The predicted molar refractivity (Wildman–Crippen MR) is 137 cm³/mol. The lowest BCUT2D eigenvalue weighted by atomic mass is 10.1. The molecule has 0 atom stereocenters. The van der Waals surface area contributed by atoms with Crippen LogP contribution >= 0.6 is 23.2 Å². The number of aryl methyl sites for hydroxylation is 1. The van der Waals surface area contributed by atoms with Gasteiger partial charge in [-0.25, -0.2) is 13.8 Å². The Morgan fingerprint density at radius 1 is 1.03 bits per heavy atom. The lowest BCUT2D eigenvalue weighted by Gasteiger charge is -2.25. The minimum absolute atomic E-state index is 0.173. The minimum Gasteiger partial charge on any atom is -0.337 e. The lowest BCUT2D eigenvalue weighted by Crippen LogP contribution is -2.35. The van der Waals surface area contributed by atoms with E-state index < -0.39 is 16.7 Å². The van der Waals surface area contributed by atoms with E-state index in [4.69, 9.17) is 23.2 Å². The average molecular weight is 530 g/mol. The van der Waals surface area contributed by atoms with E-state index in [9.17, 15) is 13.6 Å². The molecule has 1 saturated heterocycles. The molecule has 5 rings (SSSR count). The molecule has 6 nitrogen and oxygen atoms in total. The summed E-state index contributed by atoms with van der Waals surface area (Å²) in [6, 6.07) is 11.1. The Morgan fingerprint density at radius 2 is 1.72 bits per heavy atom. The van der Waals surface area contributed by atoms with Crippen LogP contribution in [0.3, 0.4) is 0 Å². The first kappa shape index (κ1) is 24.5. The van der Waals surface area contributed by atoms with E-state index in [0.717, 1.165) is 42.6 Å². The molecular weight excluding hydrogens is 507 g/mol. The van der Waals surface area contributed by atoms with E-state index >= 15 is 0 Å². The number of rotatable bonds is 4. The van der Waals surface area contributed by atoms with Crippen LogP contribution < -0.4 is 4.90 Å². The summed E-state index contributed by atoms with van der Waals surface area (Å²) in [5.41, 5.74) is 2.74. The number of halogens is 4. The fourth-order valence-electron chi connectivity index (χ4n) is 4.57. The van der Waals surface area contributed by atoms with Crippen molar-refractivity contribution in [1.29, 1.82) is 0 Å². The molecule has 0 spiro atoms. The van der Waals surface area contributed by atoms with E-state index in [1.165, 1.54) is 0 Å². The summed E-state index contributed by atoms with van der Waals surface area (Å²) < 4.78 is 30.1. The number of carbonyl (C=O) groups excluding carboxylic acids is 1. The highest BCUT2D eigenvalue weighted by Crippen LogP contribution is 2.36. The standard InChI is InChI=1S/C26H23Cl2F2N5O/c1-15-7-6-8-17(27)25(15)33(2)23-14-20(16-11-18(29)24(28)19(30)12-16)31-22-13-21(32-35(22)23)26(36)34-9-4-3-5-10-34/h6-8,11-14H,3-5,9-10H2,1-2H3. The quantitative estimate of drug-likeness (QED) is 0.276. The molecule has 1 fully saturated rings. The molecule has 0 aliphatic carbocycles. The molecule has 0 saturated carbocycles. The molecular formula is C26H23Cl2F2N5O. The molecule has 1 aliphatic heterocycles. The summed E-state index contributed by atoms with van der Waals surface area (Å²) in [5.74, 6) is -1.44. The fourth-order valence-corrected chi connectivity index (χ4v) is 5.03. The van der Waals surface area contributed by atoms with Crippen molar-refractivity contribution in [2.45, 2.75) is 26.2 Å². The highest BCUT2D eigenvalue weighted by Gasteiger charge is 2.24. The maximum absolute atomic E-state index is 14.3. The summed E-state index contributed by atoms with van der Waals surface area (Å²) in [6.45, 7) is 3.29. The summed E-state index contributed by atoms with van der Waals surface area (Å²) in [6.07, 6.45) is 3.00. The number of piperidine rings is 1. The first-order chi connectivity index (χ1) is 17.2. The van der Waals surface area contributed by atoms with Gasteiger partial charge in [0.25, 0.3) is 5.91 Å². The molecule has 1 amide bonds. The van der Waals surface area contributed by atoms with E-state index in [1.54, 1.807) is 27.6 Å². The van der Waals surface area contributed by atoms with Crippen LogP contribution in [0.5, 0.6) is 0 Å². The molecule has 0 unspecified atom stereocenters. The third-order valence-electron chi connectivity index (χ3n) is 6.42. The molecule has 0 N–H and O–H groups in total. The second-order valence-corrected chi connectivity index (χ2v) is 9.66. The summed E-state index contributed by atoms with van der Waals surface area (Å²) >= 11 is 12.2. The monoisotopic (exact) mass is 529 g/mol. The van der Waals surface area contributed by atoms with Crippen molar-refractivity contribution in [3.8, 4) is 11.3 Å². The van der Waals surface area contributed by atoms with Crippen LogP contribution in [0.2, 0.25) is 10.0 Å². The van der Waals surface area contributed by atoms with Crippen molar-refractivity contribution in [3.63, 3.8) is 0 Å². The number of anilines is 2. The van der Waals surface area contributed by atoms with E-state index in [0.29, 0.717) is 35.3 Å². The molecule has 1 aliphatic rings. The second-order valence-electron chi connectivity index (χ2n) is 8.87. The fraction of sp³-hybridized carbons (Fsp3) is 0.269. The molecule has 2 aromatic carbocycles. The summed E-state index contributed by atoms with van der Waals surface area (Å²) in [4.78, 5) is 21.4. The lowest BCUT2D eigenvalue weighted by molar-refractivity contribution is 0.0718. The van der Waals surface area contributed by atoms with Crippen LogP contribution in [-0.2, 0) is 0 Å². The van der Waals surface area contributed by atoms with Crippen molar-refractivity contribution in [2.75, 3.05) is 25.0 Å². The van der Waals surface area contributed by atoms with Gasteiger partial charge in [-0.15, -0.1) is 0 Å². The predicted octanol–water partition coefficient (Wildman–Crippen LogP) is 6.68. The number of nitrogens with zero attached hydrogens (tertiary/aromatic N) is 5. The van der Waals surface area contributed by atoms with Crippen molar-refractivity contribution >= 4 is 46.3 Å². The largest absolute Gasteiger partial charge is 0.337 e. The highest BCUT2D eigenvalue weighted by atomic mass is 35.5. The smallest absolute Gasteiger partial charge is 0.274 e. The van der Waals surface area contributed by atoms with Gasteiger partial charge in [0.1, 0.15) is 22.5 Å². The Morgan fingerprint density at radius 3 is 2.39 bits per heavy atom. The average Bonchev–Trinajstić information content (AvgIpc) is 3.30. The number of fused-ring (bicyclic) bond motifs is 1. The Labute approximate surface area is 217 Å². The number of benzene rings is 2. The first-order valence-electron chi connectivity index (χ1n) is 11.6. The Kier molecular flexibility index (Phi) is 6.57. The van der Waals surface area contributed by atoms with Crippen molar-refractivity contribution in [1.82, 2.24) is 19.5 Å². The van der Waals surface area contributed by atoms with Gasteiger partial charge in [-0.2, -0.15) is 9.61 Å². The number of likely N-dealkylation sites (tertiary alicyclic amines) is 1. The van der Waals surface area contributed by atoms with Crippen LogP contribution in [0.25, 0.3) is 16.9 Å². The van der Waals surface area contributed by atoms with Crippen molar-refractivity contribution in [3.05, 3.63) is 75.4 Å². The van der Waals surface area contributed by atoms with E-state index in [1.807, 2.05) is 31.0 Å². The third kappa shape index (κ3) is 4.40. The van der Waals surface area contributed by atoms with Gasteiger partial charge in [0.15, 0.2) is 11.3 Å². The number of hydrogen-bond acceptors (Lipinski definition) is 4. The molecule has 10 heteroatoms. The molecule has 36 heavy (non-hydrogen) atoms. The number of aromatic nitrogens is 3.